The summed E-state index contributed by atoms with van der Waals surface area (Å²) in [5.74, 6) is 0. The molecule has 200 valence electrons. The molecule has 0 fully saturated rings. The summed E-state index contributed by atoms with van der Waals surface area (Å²) in [4.78, 5) is 0. The first kappa shape index (κ1) is 29.4. The van der Waals surface area contributed by atoms with Gasteiger partial charge in [0, 0.05) is 0 Å². The molecular formula is C36H34Cl2SiTi. The molecule has 0 aromatic heterocycles. The molecule has 40 heavy (non-hydrogen) atoms. The molecule has 4 aromatic rings. The summed E-state index contributed by atoms with van der Waals surface area (Å²) in [5, 5.41) is 3.22. The van der Waals surface area contributed by atoms with Crippen molar-refractivity contribution in [1.29, 1.82) is 0 Å². The van der Waals surface area contributed by atoms with E-state index in [1.54, 1.807) is 43.8 Å². The van der Waals surface area contributed by atoms with Crippen molar-refractivity contribution in [3.63, 3.8) is 0 Å². The second-order valence-corrected chi connectivity index (χ2v) is 18.7. The van der Waals surface area contributed by atoms with Gasteiger partial charge >= 0.3 is 239 Å². The fraction of sp³-hybridized carbons (Fsp3) is 0.222. The van der Waals surface area contributed by atoms with Crippen LogP contribution in [0.2, 0.25) is 13.1 Å². The molecule has 2 aliphatic carbocycles. The Hall–Kier alpha value is -2.13. The minimum absolute atomic E-state index is 0. The van der Waals surface area contributed by atoms with Crippen LogP contribution in [0, 0.1) is 13.8 Å². The molecule has 1 heterocycles. The number of hydrogen-bond acceptors (Lipinski definition) is 0. The van der Waals surface area contributed by atoms with E-state index in [1.165, 1.54) is 33.4 Å². The van der Waals surface area contributed by atoms with Crippen LogP contribution in [0.4, 0.5) is 0 Å². The maximum atomic E-state index is 2.60. The topological polar surface area (TPSA) is 0 Å². The van der Waals surface area contributed by atoms with Crippen molar-refractivity contribution in [3.8, 4) is 0 Å². The Kier molecular flexibility index (Phi) is 7.79. The third-order valence-electron chi connectivity index (χ3n) is 9.33. The van der Waals surface area contributed by atoms with Crippen LogP contribution in [-0.4, -0.2) is 8.07 Å². The van der Waals surface area contributed by atoms with E-state index in [0.29, 0.717) is 8.45 Å². The first-order valence-electron chi connectivity index (χ1n) is 13.9. The zero-order valence-electron chi connectivity index (χ0n) is 24.0. The van der Waals surface area contributed by atoms with Gasteiger partial charge in [0.1, 0.15) is 0 Å². The van der Waals surface area contributed by atoms with Gasteiger partial charge in [0.2, 0.25) is 0 Å². The van der Waals surface area contributed by atoms with Gasteiger partial charge < -0.3 is 24.8 Å². The fourth-order valence-corrected chi connectivity index (χ4v) is 13.5. The second kappa shape index (κ2) is 10.6. The van der Waals surface area contributed by atoms with Gasteiger partial charge in [-0.15, -0.1) is 0 Å². The molecule has 0 amide bonds. The second-order valence-electron chi connectivity index (χ2n) is 12.0. The fourth-order valence-electron chi connectivity index (χ4n) is 7.30. The molecule has 1 aliphatic heterocycles. The zero-order valence-corrected chi connectivity index (χ0v) is 28.1. The van der Waals surface area contributed by atoms with E-state index < -0.39 is 27.2 Å². The summed E-state index contributed by atoms with van der Waals surface area (Å²) in [6, 6.07) is 33.2. The van der Waals surface area contributed by atoms with Crippen LogP contribution in [0.3, 0.4) is 0 Å². The maximum absolute atomic E-state index is 2.60. The van der Waals surface area contributed by atoms with Gasteiger partial charge in [-0.3, -0.25) is 0 Å². The Balaban J connectivity index is 0.00000161. The van der Waals surface area contributed by atoms with Crippen LogP contribution in [-0.2, 0) is 19.2 Å². The summed E-state index contributed by atoms with van der Waals surface area (Å²) in [6.45, 7) is 14.5. The molecule has 8 bridgehead atoms. The Morgan fingerprint density at radius 1 is 0.525 bits per heavy atom. The standard InChI is InChI=1S/C36H34Si.2ClH.Ti/c1-23-13-17-27(18-14-23)33-25(3)21-29-9-7-11-31(35(29)33)37(5,6)32-12-8-10-30-22-26(4)34(36(30)32)28-19-15-24(2)16-20-28;;;/h7-22H,1-6H3;2*1H;/q;;;+2/p-2. The first-order valence-corrected chi connectivity index (χ1v) is 18.7. The van der Waals surface area contributed by atoms with E-state index in [9.17, 15) is 0 Å². The number of halogens is 2. The average molecular weight is 614 g/mol. The summed E-state index contributed by atoms with van der Waals surface area (Å²) >= 11 is -0.392. The number of rotatable bonds is 2. The van der Waals surface area contributed by atoms with Crippen molar-refractivity contribution < 1.29 is 44.0 Å². The summed E-state index contributed by atoms with van der Waals surface area (Å²) in [7, 11) is -2.06. The smallest absolute Gasteiger partial charge is 1.00 e. The molecule has 0 saturated carbocycles. The molecule has 2 unspecified atom stereocenters. The van der Waals surface area contributed by atoms with E-state index in [2.05, 4.69) is 126 Å². The minimum Gasteiger partial charge on any atom is -1.00 e. The number of allylic oxidation sites excluding steroid dienone is 2. The van der Waals surface area contributed by atoms with Crippen LogP contribution >= 0.6 is 0 Å². The average Bonchev–Trinajstić information content (AvgIpc) is 3.35. The molecule has 0 radical (unpaired) electrons. The Morgan fingerprint density at radius 2 is 0.900 bits per heavy atom. The predicted molar refractivity (Wildman–Crippen MR) is 161 cm³/mol. The van der Waals surface area contributed by atoms with Gasteiger partial charge in [-0.1, -0.05) is 0 Å². The predicted octanol–water partition coefficient (Wildman–Crippen LogP) is 1.98. The van der Waals surface area contributed by atoms with Crippen molar-refractivity contribution in [1.82, 2.24) is 0 Å². The van der Waals surface area contributed by atoms with Gasteiger partial charge in [0.25, 0.3) is 0 Å². The zero-order chi connectivity index (χ0) is 26.3. The van der Waals surface area contributed by atoms with Gasteiger partial charge in [0.15, 0.2) is 0 Å². The van der Waals surface area contributed by atoms with Crippen LogP contribution in [0.1, 0.15) is 66.8 Å². The van der Waals surface area contributed by atoms with Crippen LogP contribution in [0.25, 0.3) is 11.1 Å². The maximum Gasteiger partial charge on any atom is -1.00 e. The van der Waals surface area contributed by atoms with Crippen LogP contribution < -0.4 is 35.2 Å². The molecule has 4 aromatic carbocycles. The number of aryl methyl sites for hydroxylation is 2. The Labute approximate surface area is 261 Å². The SMILES string of the molecule is CC1=C(c2ccc(C)cc2)c2c3cccc2[Si](C)(C)c2cccc4c2C(c2ccc(C)cc2)=C(C)[CH]4[Ti+2][CH]13.[Cl-].[Cl-]. The molecule has 4 heteroatoms. The molecule has 0 spiro atoms. The largest absolute Gasteiger partial charge is 1.00 e. The van der Waals surface area contributed by atoms with Crippen LogP contribution in [0.5, 0.6) is 0 Å². The van der Waals surface area contributed by atoms with Crippen molar-refractivity contribution in [3.05, 3.63) is 141 Å². The minimum atomic E-state index is -2.06. The van der Waals surface area contributed by atoms with E-state index in [-0.39, 0.29) is 24.8 Å². The summed E-state index contributed by atoms with van der Waals surface area (Å²) in [6.07, 6.45) is 0. The quantitative estimate of drug-likeness (QED) is 0.304. The Morgan fingerprint density at radius 3 is 1.27 bits per heavy atom. The van der Waals surface area contributed by atoms with Crippen LogP contribution in [0.15, 0.2) is 96.1 Å². The molecular weight excluding hydrogens is 579 g/mol. The number of hydrogen-bond donors (Lipinski definition) is 0. The summed E-state index contributed by atoms with van der Waals surface area (Å²) < 4.78 is 1.14. The van der Waals surface area contributed by atoms with E-state index in [1.807, 2.05) is 0 Å². The van der Waals surface area contributed by atoms with Gasteiger partial charge in [-0.05, 0) is 0 Å². The molecule has 0 N–H and O–H groups in total. The van der Waals surface area contributed by atoms with Crippen molar-refractivity contribution in [2.45, 2.75) is 49.2 Å². The third kappa shape index (κ3) is 4.20. The van der Waals surface area contributed by atoms with E-state index in [0.717, 1.165) is 0 Å². The normalized spacial score (nSPS) is 19.4. The molecule has 0 saturated heterocycles. The van der Waals surface area contributed by atoms with Gasteiger partial charge in [0.05, 0.1) is 0 Å². The molecule has 7 rings (SSSR count). The van der Waals surface area contributed by atoms with E-state index >= 15 is 0 Å². The van der Waals surface area contributed by atoms with Crippen molar-refractivity contribution in [2.75, 3.05) is 0 Å². The van der Waals surface area contributed by atoms with Crippen molar-refractivity contribution in [2.24, 2.45) is 0 Å². The molecule has 2 atom stereocenters. The van der Waals surface area contributed by atoms with Crippen molar-refractivity contribution >= 4 is 29.6 Å². The van der Waals surface area contributed by atoms with Gasteiger partial charge in [-0.2, -0.15) is 0 Å². The first-order chi connectivity index (χ1) is 18.3. The van der Waals surface area contributed by atoms with Gasteiger partial charge in [-0.25, -0.2) is 0 Å². The number of benzene rings is 4. The monoisotopic (exact) mass is 612 g/mol. The summed E-state index contributed by atoms with van der Waals surface area (Å²) in [5.41, 5.74) is 18.1. The Bertz CT molecular complexity index is 1570. The molecule has 0 nitrogen and oxygen atoms in total. The third-order valence-corrected chi connectivity index (χ3v) is 16.2. The van der Waals surface area contributed by atoms with E-state index in [4.69, 9.17) is 0 Å². The molecule has 3 aliphatic rings.